The van der Waals surface area contributed by atoms with Gasteiger partial charge in [-0.05, 0) is 51.4 Å². The van der Waals surface area contributed by atoms with Crippen molar-refractivity contribution in [2.24, 2.45) is 0 Å². The van der Waals surface area contributed by atoms with Gasteiger partial charge in [-0.15, -0.1) is 0 Å². The van der Waals surface area contributed by atoms with E-state index in [1.165, 1.54) is 0 Å². The third-order valence-corrected chi connectivity index (χ3v) is 5.18. The van der Waals surface area contributed by atoms with Crippen LogP contribution < -0.4 is 0 Å². The third kappa shape index (κ3) is 4.55. The van der Waals surface area contributed by atoms with Crippen molar-refractivity contribution in [2.75, 3.05) is 0 Å². The second kappa shape index (κ2) is 7.16. The van der Waals surface area contributed by atoms with E-state index >= 15 is 0 Å². The Hall–Kier alpha value is -0.660. The van der Waals surface area contributed by atoms with Crippen LogP contribution in [0.3, 0.4) is 0 Å². The van der Waals surface area contributed by atoms with Crippen molar-refractivity contribution in [2.45, 2.75) is 15.8 Å². The second-order valence-electron chi connectivity index (χ2n) is 4.48. The van der Waals surface area contributed by atoms with Crippen LogP contribution in [-0.4, -0.2) is 9.28 Å². The number of rotatable bonds is 3. The van der Waals surface area contributed by atoms with E-state index in [4.69, 9.17) is 40.1 Å². The molecule has 1 aromatic carbocycles. The molecule has 0 fully saturated rings. The Morgan fingerprint density at radius 1 is 1.12 bits per heavy atom. The molecule has 12 heteroatoms. The Balaban J connectivity index is 2.66. The molecule has 134 valence electrons. The Morgan fingerprint density at radius 3 is 2.04 bits per heavy atom. The van der Waals surface area contributed by atoms with Crippen LogP contribution in [0.4, 0.5) is 22.0 Å². The van der Waals surface area contributed by atoms with Crippen LogP contribution in [0.5, 0.6) is 0 Å². The van der Waals surface area contributed by atoms with Gasteiger partial charge in [0.25, 0.3) is 0 Å². The van der Waals surface area contributed by atoms with E-state index in [1.807, 2.05) is 0 Å². The number of hydrogen-bond donors (Lipinski definition) is 0. The Bertz CT molecular complexity index is 847. The highest BCUT2D eigenvalue weighted by Crippen LogP contribution is 2.45. The third-order valence-electron chi connectivity index (χ3n) is 2.83. The maximum Gasteiger partial charge on any atom is 0.416 e. The molecular formula is C13H3BrCl3F5N2S. The van der Waals surface area contributed by atoms with E-state index < -0.39 is 16.5 Å². The summed E-state index contributed by atoms with van der Waals surface area (Å²) in [5.74, 6) is 0. The normalized spacial score (nSPS) is 12.3. The fraction of sp³-hybridized carbons (Fsp3) is 0.154. The van der Waals surface area contributed by atoms with Crippen LogP contribution in [0, 0.1) is 11.3 Å². The summed E-state index contributed by atoms with van der Waals surface area (Å²) in [6.07, 6.45) is -3.59. The van der Waals surface area contributed by atoms with E-state index in [0.29, 0.717) is 12.1 Å². The number of alkyl halides is 6. The van der Waals surface area contributed by atoms with Gasteiger partial charge < -0.3 is 4.57 Å². The molecule has 0 unspecified atom stereocenters. The standard InChI is InChI=1S/C13H3BrCl3F5N2S/c14-11-6(3-23)9(25-13(17,21)22)4-24(11)10-7(15)1-5(2-8(10)16)12(18,19)20/h1-2,4H. The van der Waals surface area contributed by atoms with Gasteiger partial charge in [0, 0.05) is 6.20 Å². The molecule has 0 amide bonds. The summed E-state index contributed by atoms with van der Waals surface area (Å²) in [6.45, 7) is 0. The minimum atomic E-state index is -4.67. The molecule has 0 saturated heterocycles. The minimum Gasteiger partial charge on any atom is -0.306 e. The van der Waals surface area contributed by atoms with Crippen molar-refractivity contribution in [3.8, 4) is 11.8 Å². The van der Waals surface area contributed by atoms with E-state index in [1.54, 1.807) is 6.07 Å². The summed E-state index contributed by atoms with van der Waals surface area (Å²) in [5, 5.41) is 8.38. The van der Waals surface area contributed by atoms with Crippen LogP contribution in [-0.2, 0) is 6.18 Å². The average Bonchev–Trinajstić information content (AvgIpc) is 2.71. The molecule has 2 nitrogen and oxygen atoms in total. The molecule has 0 radical (unpaired) electrons. The second-order valence-corrected chi connectivity index (χ2v) is 7.90. The lowest BCUT2D eigenvalue weighted by molar-refractivity contribution is -0.137. The van der Waals surface area contributed by atoms with E-state index in [0.717, 1.165) is 10.8 Å². The summed E-state index contributed by atoms with van der Waals surface area (Å²) < 4.78 is 61.8. The Morgan fingerprint density at radius 2 is 1.64 bits per heavy atom. The Labute approximate surface area is 165 Å². The zero-order valence-electron chi connectivity index (χ0n) is 11.4. The largest absolute Gasteiger partial charge is 0.416 e. The number of halogens is 9. The monoisotopic (exact) mass is 498 g/mol. The number of hydrogen-bond acceptors (Lipinski definition) is 2. The molecule has 2 aromatic rings. The van der Waals surface area contributed by atoms with Crippen LogP contribution in [0.2, 0.25) is 10.0 Å². The topological polar surface area (TPSA) is 28.7 Å². The highest BCUT2D eigenvalue weighted by molar-refractivity contribution is 9.10. The summed E-state index contributed by atoms with van der Waals surface area (Å²) in [4.78, 5) is -0.207. The fourth-order valence-corrected chi connectivity index (χ4v) is 4.17. The molecule has 0 aliphatic carbocycles. The summed E-state index contributed by atoms with van der Waals surface area (Å²) in [6, 6.07) is 2.99. The van der Waals surface area contributed by atoms with Crippen molar-refractivity contribution in [3.05, 3.63) is 44.1 Å². The molecule has 0 spiro atoms. The van der Waals surface area contributed by atoms with Gasteiger partial charge >= 0.3 is 10.9 Å². The maximum absolute atomic E-state index is 13.0. The fourth-order valence-electron chi connectivity index (χ4n) is 1.89. The molecule has 0 atom stereocenters. The van der Waals surface area contributed by atoms with Gasteiger partial charge in [0.15, 0.2) is 0 Å². The first-order chi connectivity index (χ1) is 11.3. The first-order valence-corrected chi connectivity index (χ1v) is 8.72. The zero-order chi connectivity index (χ0) is 19.2. The van der Waals surface area contributed by atoms with Crippen molar-refractivity contribution in [1.82, 2.24) is 4.57 Å². The van der Waals surface area contributed by atoms with Crippen LogP contribution in [0.15, 0.2) is 27.8 Å². The van der Waals surface area contributed by atoms with Crippen LogP contribution >= 0.6 is 62.5 Å². The molecular weight excluding hydrogens is 497 g/mol. The Kier molecular flexibility index (Phi) is 5.91. The highest BCUT2D eigenvalue weighted by Gasteiger charge is 2.33. The average molecular weight is 501 g/mol. The molecule has 0 aliphatic rings. The maximum atomic E-state index is 13.0. The van der Waals surface area contributed by atoms with E-state index in [-0.39, 0.29) is 42.6 Å². The van der Waals surface area contributed by atoms with Gasteiger partial charge in [0.2, 0.25) is 0 Å². The van der Waals surface area contributed by atoms with Gasteiger partial charge in [-0.1, -0.05) is 23.2 Å². The number of benzene rings is 1. The number of aromatic nitrogens is 1. The molecule has 1 heterocycles. The molecule has 0 N–H and O–H groups in total. The highest BCUT2D eigenvalue weighted by atomic mass is 79.9. The lowest BCUT2D eigenvalue weighted by Crippen LogP contribution is -2.06. The minimum absolute atomic E-state index is 0.0121. The van der Waals surface area contributed by atoms with E-state index in [9.17, 15) is 22.0 Å². The lowest BCUT2D eigenvalue weighted by Gasteiger charge is -2.14. The van der Waals surface area contributed by atoms with Gasteiger partial charge in [0.1, 0.15) is 10.7 Å². The molecule has 0 saturated carbocycles. The van der Waals surface area contributed by atoms with Crippen molar-refractivity contribution < 1.29 is 22.0 Å². The van der Waals surface area contributed by atoms with Gasteiger partial charge in [-0.3, -0.25) is 0 Å². The molecule has 0 aliphatic heterocycles. The van der Waals surface area contributed by atoms with E-state index in [2.05, 4.69) is 15.9 Å². The van der Waals surface area contributed by atoms with Crippen molar-refractivity contribution >= 4 is 62.5 Å². The smallest absolute Gasteiger partial charge is 0.306 e. The summed E-state index contributed by atoms with van der Waals surface area (Å²) in [7, 11) is 0. The van der Waals surface area contributed by atoms with Gasteiger partial charge in [-0.25, -0.2) is 0 Å². The van der Waals surface area contributed by atoms with Crippen molar-refractivity contribution in [1.29, 1.82) is 5.26 Å². The predicted molar refractivity (Wildman–Crippen MR) is 89.9 cm³/mol. The zero-order valence-corrected chi connectivity index (χ0v) is 16.1. The molecule has 1 aromatic heterocycles. The predicted octanol–water partition coefficient (Wildman–Crippen LogP) is 7.32. The quantitative estimate of drug-likeness (QED) is 0.251. The number of nitrogens with zero attached hydrogens (tertiary/aromatic N) is 2. The lowest BCUT2D eigenvalue weighted by atomic mass is 10.2. The number of nitriles is 1. The molecule has 25 heavy (non-hydrogen) atoms. The first-order valence-electron chi connectivity index (χ1n) is 5.98. The summed E-state index contributed by atoms with van der Waals surface area (Å²) in [5.41, 5.74) is -1.38. The van der Waals surface area contributed by atoms with Crippen LogP contribution in [0.1, 0.15) is 11.1 Å². The van der Waals surface area contributed by atoms with Gasteiger partial charge in [0.05, 0.1) is 31.8 Å². The van der Waals surface area contributed by atoms with Crippen LogP contribution in [0.25, 0.3) is 5.69 Å². The molecule has 0 bridgehead atoms. The SMILES string of the molecule is N#Cc1c(SC(F)(F)Cl)cn(-c2c(Cl)cc(C(F)(F)F)cc2Cl)c1Br. The molecule has 2 rings (SSSR count). The number of thioether (sulfide) groups is 1. The first kappa shape index (κ1) is 20.6. The van der Waals surface area contributed by atoms with Crippen molar-refractivity contribution in [3.63, 3.8) is 0 Å². The van der Waals surface area contributed by atoms with Gasteiger partial charge in [-0.2, -0.15) is 27.2 Å². The summed E-state index contributed by atoms with van der Waals surface area (Å²) >= 11 is 19.6.